The fourth-order valence-corrected chi connectivity index (χ4v) is 1.90. The summed E-state index contributed by atoms with van der Waals surface area (Å²) in [6.07, 6.45) is 0.0140. The third kappa shape index (κ3) is 3.63. The van der Waals surface area contributed by atoms with Crippen LogP contribution in [-0.4, -0.2) is 24.9 Å². The summed E-state index contributed by atoms with van der Waals surface area (Å²) in [5.41, 5.74) is 0.865. The van der Waals surface area contributed by atoms with Crippen molar-refractivity contribution >= 4 is 23.2 Å². The summed E-state index contributed by atoms with van der Waals surface area (Å²) >= 11 is 11.9. The average molecular weight is 263 g/mol. The Hall–Kier alpha value is -0.280. The number of hydrogen-bond donors (Lipinski definition) is 1. The van der Waals surface area contributed by atoms with Crippen LogP contribution in [0.1, 0.15) is 12.5 Å². The van der Waals surface area contributed by atoms with Gasteiger partial charge in [0.25, 0.3) is 0 Å². The van der Waals surface area contributed by atoms with Crippen LogP contribution < -0.4 is 0 Å². The molecule has 0 saturated carbocycles. The van der Waals surface area contributed by atoms with Gasteiger partial charge in [-0.2, -0.15) is 0 Å². The van der Waals surface area contributed by atoms with E-state index in [1.54, 1.807) is 13.2 Å². The van der Waals surface area contributed by atoms with E-state index in [-0.39, 0.29) is 5.92 Å². The first kappa shape index (κ1) is 13.8. The van der Waals surface area contributed by atoms with Gasteiger partial charge in [0.1, 0.15) is 0 Å². The maximum atomic E-state index is 9.94. The van der Waals surface area contributed by atoms with E-state index >= 15 is 0 Å². The first-order valence-electron chi connectivity index (χ1n) is 5.16. The van der Waals surface area contributed by atoms with Crippen molar-refractivity contribution in [1.82, 2.24) is 0 Å². The Morgan fingerprint density at radius 1 is 1.38 bits per heavy atom. The van der Waals surface area contributed by atoms with Gasteiger partial charge in [0.05, 0.1) is 22.8 Å². The Labute approximate surface area is 106 Å². The molecule has 90 valence electrons. The average Bonchev–Trinajstić information content (AvgIpc) is 2.25. The van der Waals surface area contributed by atoms with Crippen LogP contribution in [-0.2, 0) is 11.2 Å². The van der Waals surface area contributed by atoms with E-state index in [4.69, 9.17) is 27.9 Å². The number of aliphatic hydroxyl groups excluding tert-OH is 1. The molecule has 1 aromatic carbocycles. The maximum absolute atomic E-state index is 9.94. The van der Waals surface area contributed by atoms with Crippen LogP contribution in [0.3, 0.4) is 0 Å². The van der Waals surface area contributed by atoms with Crippen molar-refractivity contribution in [2.24, 2.45) is 5.92 Å². The Balaban J connectivity index is 2.69. The minimum atomic E-state index is -0.476. The van der Waals surface area contributed by atoms with Gasteiger partial charge in [-0.3, -0.25) is 0 Å². The van der Waals surface area contributed by atoms with E-state index in [0.29, 0.717) is 23.1 Å². The number of benzene rings is 1. The molecule has 2 atom stereocenters. The van der Waals surface area contributed by atoms with E-state index in [1.807, 2.05) is 19.1 Å². The van der Waals surface area contributed by atoms with E-state index < -0.39 is 6.10 Å². The number of halogens is 2. The fraction of sp³-hybridized carbons (Fsp3) is 0.500. The molecular weight excluding hydrogens is 247 g/mol. The molecule has 0 heterocycles. The predicted molar refractivity (Wildman–Crippen MR) is 67.2 cm³/mol. The van der Waals surface area contributed by atoms with Crippen molar-refractivity contribution in [1.29, 1.82) is 0 Å². The summed E-state index contributed by atoms with van der Waals surface area (Å²) < 4.78 is 5.00. The lowest BCUT2D eigenvalue weighted by Gasteiger charge is -2.18. The number of hydrogen-bond acceptors (Lipinski definition) is 2. The molecule has 0 aliphatic heterocycles. The van der Waals surface area contributed by atoms with Crippen LogP contribution >= 0.6 is 23.2 Å². The van der Waals surface area contributed by atoms with Gasteiger partial charge in [-0.05, 0) is 11.6 Å². The lowest BCUT2D eigenvalue weighted by Crippen LogP contribution is -2.24. The Morgan fingerprint density at radius 3 is 2.69 bits per heavy atom. The van der Waals surface area contributed by atoms with E-state index in [1.165, 1.54) is 0 Å². The number of aliphatic hydroxyl groups is 1. The van der Waals surface area contributed by atoms with E-state index in [9.17, 15) is 5.11 Å². The van der Waals surface area contributed by atoms with E-state index in [0.717, 1.165) is 5.56 Å². The number of ether oxygens (including phenoxy) is 1. The molecule has 0 aliphatic rings. The first-order valence-corrected chi connectivity index (χ1v) is 5.91. The van der Waals surface area contributed by atoms with Crippen molar-refractivity contribution < 1.29 is 9.84 Å². The highest BCUT2D eigenvalue weighted by Gasteiger charge is 2.16. The zero-order valence-corrected chi connectivity index (χ0v) is 10.9. The summed E-state index contributed by atoms with van der Waals surface area (Å²) in [4.78, 5) is 0. The molecule has 0 radical (unpaired) electrons. The topological polar surface area (TPSA) is 29.5 Å². The SMILES string of the molecule is COCC(C)C(O)Cc1cccc(Cl)c1Cl. The van der Waals surface area contributed by atoms with Gasteiger partial charge in [0.2, 0.25) is 0 Å². The highest BCUT2D eigenvalue weighted by Crippen LogP contribution is 2.27. The molecule has 0 aromatic heterocycles. The molecule has 1 aromatic rings. The lowest BCUT2D eigenvalue weighted by atomic mass is 9.98. The predicted octanol–water partition coefficient (Wildman–Crippen LogP) is 3.18. The van der Waals surface area contributed by atoms with Gasteiger partial charge in [0.15, 0.2) is 0 Å². The summed E-state index contributed by atoms with van der Waals surface area (Å²) in [6, 6.07) is 5.44. The third-order valence-corrected chi connectivity index (χ3v) is 3.41. The van der Waals surface area contributed by atoms with Gasteiger partial charge in [-0.15, -0.1) is 0 Å². The molecule has 4 heteroatoms. The second-order valence-electron chi connectivity index (χ2n) is 3.92. The molecule has 1 rings (SSSR count). The molecule has 0 aliphatic carbocycles. The smallest absolute Gasteiger partial charge is 0.0628 e. The second-order valence-corrected chi connectivity index (χ2v) is 4.70. The van der Waals surface area contributed by atoms with E-state index in [2.05, 4.69) is 0 Å². The Kier molecular flexibility index (Phi) is 5.56. The van der Waals surface area contributed by atoms with Gasteiger partial charge in [-0.25, -0.2) is 0 Å². The molecule has 1 N–H and O–H groups in total. The van der Waals surface area contributed by atoms with Crippen molar-refractivity contribution in [3.63, 3.8) is 0 Å². The standard InChI is InChI=1S/C12H16Cl2O2/c1-8(7-16-2)11(15)6-9-4-3-5-10(13)12(9)14/h3-5,8,11,15H,6-7H2,1-2H3. The van der Waals surface area contributed by atoms with Crippen molar-refractivity contribution in [2.75, 3.05) is 13.7 Å². The molecule has 0 amide bonds. The van der Waals surface area contributed by atoms with Crippen LogP contribution in [0.4, 0.5) is 0 Å². The van der Waals surface area contributed by atoms with Gasteiger partial charge in [0, 0.05) is 19.4 Å². The zero-order valence-electron chi connectivity index (χ0n) is 9.41. The highest BCUT2D eigenvalue weighted by molar-refractivity contribution is 6.42. The van der Waals surface area contributed by atoms with Crippen molar-refractivity contribution in [3.8, 4) is 0 Å². The fourth-order valence-electron chi connectivity index (χ4n) is 1.51. The molecule has 2 unspecified atom stereocenters. The summed E-state index contributed by atoms with van der Waals surface area (Å²) in [7, 11) is 1.62. The normalized spacial score (nSPS) is 14.8. The lowest BCUT2D eigenvalue weighted by molar-refractivity contribution is 0.0575. The molecule has 0 spiro atoms. The molecule has 0 saturated heterocycles. The van der Waals surface area contributed by atoms with Crippen LogP contribution in [0.15, 0.2) is 18.2 Å². The molecule has 2 nitrogen and oxygen atoms in total. The highest BCUT2D eigenvalue weighted by atomic mass is 35.5. The summed E-state index contributed by atoms with van der Waals surface area (Å²) in [5.74, 6) is 0.0695. The van der Waals surface area contributed by atoms with Crippen LogP contribution in [0.5, 0.6) is 0 Å². The minimum absolute atomic E-state index is 0.0695. The van der Waals surface area contributed by atoms with Gasteiger partial charge < -0.3 is 9.84 Å². The van der Waals surface area contributed by atoms with Crippen molar-refractivity contribution in [3.05, 3.63) is 33.8 Å². The summed E-state index contributed by atoms with van der Waals surface area (Å²) in [5, 5.41) is 11.0. The van der Waals surface area contributed by atoms with Crippen LogP contribution in [0, 0.1) is 5.92 Å². The first-order chi connectivity index (χ1) is 7.56. The van der Waals surface area contributed by atoms with Gasteiger partial charge in [-0.1, -0.05) is 42.3 Å². The largest absolute Gasteiger partial charge is 0.392 e. The maximum Gasteiger partial charge on any atom is 0.0628 e. The van der Waals surface area contributed by atoms with Crippen LogP contribution in [0.25, 0.3) is 0 Å². The number of rotatable bonds is 5. The zero-order chi connectivity index (χ0) is 12.1. The second kappa shape index (κ2) is 6.45. The van der Waals surface area contributed by atoms with Crippen molar-refractivity contribution in [2.45, 2.75) is 19.4 Å². The minimum Gasteiger partial charge on any atom is -0.392 e. The molecular formula is C12H16Cl2O2. The molecule has 0 bridgehead atoms. The Bertz CT molecular complexity index is 342. The third-order valence-electron chi connectivity index (χ3n) is 2.55. The van der Waals surface area contributed by atoms with Crippen LogP contribution in [0.2, 0.25) is 10.0 Å². The molecule has 16 heavy (non-hydrogen) atoms. The number of methoxy groups -OCH3 is 1. The summed E-state index contributed by atoms with van der Waals surface area (Å²) in [6.45, 7) is 2.46. The quantitative estimate of drug-likeness (QED) is 0.884. The molecule has 0 fully saturated rings. The Morgan fingerprint density at radius 2 is 2.06 bits per heavy atom. The monoisotopic (exact) mass is 262 g/mol. The van der Waals surface area contributed by atoms with Gasteiger partial charge >= 0.3 is 0 Å².